The second-order valence-corrected chi connectivity index (χ2v) is 8.55. The summed E-state index contributed by atoms with van der Waals surface area (Å²) in [5, 5.41) is 11.3. The molecule has 0 atom stereocenters. The number of carbonyl (C=O) groups is 1. The molecule has 0 spiro atoms. The topological polar surface area (TPSA) is 139 Å². The number of ether oxygens (including phenoxy) is 1. The van der Waals surface area contributed by atoms with Crippen molar-refractivity contribution in [2.75, 3.05) is 7.11 Å². The predicted molar refractivity (Wildman–Crippen MR) is 114 cm³/mol. The van der Waals surface area contributed by atoms with Crippen molar-refractivity contribution in [2.24, 2.45) is 0 Å². The lowest BCUT2D eigenvalue weighted by Gasteiger charge is -2.16. The van der Waals surface area contributed by atoms with Crippen molar-refractivity contribution in [1.82, 2.24) is 9.97 Å². The first kappa shape index (κ1) is 23.7. The molecule has 3 rings (SSSR count). The molecule has 0 aliphatic heterocycles. The van der Waals surface area contributed by atoms with E-state index in [1.807, 2.05) is 0 Å². The maximum atomic E-state index is 13.4. The first-order valence-corrected chi connectivity index (χ1v) is 10.9. The zero-order valence-electron chi connectivity index (χ0n) is 17.7. The van der Waals surface area contributed by atoms with Crippen LogP contribution in [-0.4, -0.2) is 36.4 Å². The molecule has 3 aromatic rings. The monoisotopic (exact) mass is 475 g/mol. The summed E-state index contributed by atoms with van der Waals surface area (Å²) in [6.45, 7) is 3.40. The zero-order chi connectivity index (χ0) is 24.3. The normalized spacial score (nSPS) is 11.3. The summed E-state index contributed by atoms with van der Waals surface area (Å²) in [4.78, 5) is 30.4. The van der Waals surface area contributed by atoms with Gasteiger partial charge in [-0.1, -0.05) is 26.0 Å². The van der Waals surface area contributed by atoms with E-state index in [1.54, 1.807) is 13.8 Å². The second-order valence-electron chi connectivity index (χ2n) is 7.03. The molecule has 33 heavy (non-hydrogen) atoms. The molecule has 172 valence electrons. The smallest absolute Gasteiger partial charge is 0.348 e. The van der Waals surface area contributed by atoms with E-state index < -0.39 is 49.3 Å². The number of carbonyl (C=O) groups excluding carboxylic acids is 1. The quantitative estimate of drug-likeness (QED) is 0.216. The Morgan fingerprint density at radius 1 is 1.09 bits per heavy atom. The van der Waals surface area contributed by atoms with Gasteiger partial charge in [0.05, 0.1) is 23.4 Å². The van der Waals surface area contributed by atoms with Gasteiger partial charge in [-0.05, 0) is 36.2 Å². The highest BCUT2D eigenvalue weighted by molar-refractivity contribution is 7.87. The highest BCUT2D eigenvalue weighted by atomic mass is 32.2. The number of hydrogen-bond acceptors (Lipinski definition) is 9. The molecule has 1 aromatic heterocycles. The van der Waals surface area contributed by atoms with E-state index in [4.69, 9.17) is 8.92 Å². The maximum absolute atomic E-state index is 13.4. The summed E-state index contributed by atoms with van der Waals surface area (Å²) in [5.41, 5.74) is -0.396. The van der Waals surface area contributed by atoms with Crippen molar-refractivity contribution in [3.63, 3.8) is 0 Å². The van der Waals surface area contributed by atoms with Gasteiger partial charge in [-0.15, -0.1) is 0 Å². The number of hydrogen-bond donors (Lipinski definition) is 0. The number of para-hydroxylation sites is 1. The fraction of sp³-hybridized carbons (Fsp3) is 0.190. The number of nitrogens with zero attached hydrogens (tertiary/aromatic N) is 3. The second kappa shape index (κ2) is 9.28. The van der Waals surface area contributed by atoms with E-state index in [0.717, 1.165) is 31.4 Å². The van der Waals surface area contributed by atoms with E-state index in [-0.39, 0.29) is 22.5 Å². The Morgan fingerprint density at radius 3 is 2.30 bits per heavy atom. The molecule has 1 heterocycles. The highest BCUT2D eigenvalue weighted by Crippen LogP contribution is 2.32. The number of halogens is 1. The predicted octanol–water partition coefficient (Wildman–Crippen LogP) is 3.87. The first-order chi connectivity index (χ1) is 15.5. The molecule has 0 aliphatic rings. The van der Waals surface area contributed by atoms with Crippen LogP contribution in [0.2, 0.25) is 0 Å². The van der Waals surface area contributed by atoms with Gasteiger partial charge in [-0.3, -0.25) is 10.1 Å². The molecule has 0 fully saturated rings. The average Bonchev–Trinajstić information content (AvgIpc) is 2.78. The molecule has 0 unspecified atom stereocenters. The molecule has 12 heteroatoms. The van der Waals surface area contributed by atoms with Crippen LogP contribution >= 0.6 is 0 Å². The van der Waals surface area contributed by atoms with Crippen molar-refractivity contribution in [3.8, 4) is 17.3 Å². The molecule has 0 saturated carbocycles. The van der Waals surface area contributed by atoms with Crippen LogP contribution in [0.15, 0.2) is 53.4 Å². The molecule has 10 nitrogen and oxygen atoms in total. The Bertz CT molecular complexity index is 1330. The van der Waals surface area contributed by atoms with Crippen LogP contribution < -0.4 is 4.18 Å². The van der Waals surface area contributed by atoms with Gasteiger partial charge in [0.25, 0.3) is 5.69 Å². The first-order valence-electron chi connectivity index (χ1n) is 9.49. The lowest BCUT2D eigenvalue weighted by Crippen LogP contribution is -2.17. The molecular weight excluding hydrogens is 457 g/mol. The molecule has 0 radical (unpaired) electrons. The third-order valence-electron chi connectivity index (χ3n) is 4.49. The van der Waals surface area contributed by atoms with Crippen LogP contribution in [0, 0.1) is 15.9 Å². The van der Waals surface area contributed by atoms with Crippen molar-refractivity contribution in [1.29, 1.82) is 0 Å². The van der Waals surface area contributed by atoms with E-state index in [1.165, 1.54) is 24.3 Å². The van der Waals surface area contributed by atoms with Gasteiger partial charge in [0, 0.05) is 11.6 Å². The maximum Gasteiger partial charge on any atom is 0.348 e. The summed E-state index contributed by atoms with van der Waals surface area (Å²) in [6.07, 6.45) is 0. The SMILES string of the molecule is COC(=O)c1c(-c2ccc(F)cc2)nc(OS(=O)(=O)c2ccccc2[N+](=O)[O-])nc1C(C)C. The molecule has 0 amide bonds. The van der Waals surface area contributed by atoms with Crippen LogP contribution in [0.5, 0.6) is 6.01 Å². The van der Waals surface area contributed by atoms with Gasteiger partial charge in [0.2, 0.25) is 0 Å². The minimum absolute atomic E-state index is 0.0467. The summed E-state index contributed by atoms with van der Waals surface area (Å²) in [5.74, 6) is -1.73. The standard InChI is InChI=1S/C21H18FN3O7S/c1-12(2)18-17(20(26)31-3)19(13-8-10-14(22)11-9-13)24-21(23-18)32-33(29,30)16-7-5-4-6-15(16)25(27)28/h4-12H,1-3H3. The Labute approximate surface area is 188 Å². The minimum Gasteiger partial charge on any atom is -0.465 e. The summed E-state index contributed by atoms with van der Waals surface area (Å²) in [6, 6.07) is 8.93. The Kier molecular flexibility index (Phi) is 6.68. The number of methoxy groups -OCH3 is 1. The Morgan fingerprint density at radius 2 is 1.73 bits per heavy atom. The third kappa shape index (κ3) is 4.95. The summed E-state index contributed by atoms with van der Waals surface area (Å²) < 4.78 is 49.0. The third-order valence-corrected chi connectivity index (χ3v) is 5.74. The van der Waals surface area contributed by atoms with Crippen molar-refractivity contribution in [3.05, 3.63) is 75.7 Å². The fourth-order valence-corrected chi connectivity index (χ4v) is 4.00. The van der Waals surface area contributed by atoms with E-state index in [9.17, 15) is 27.7 Å². The highest BCUT2D eigenvalue weighted by Gasteiger charge is 2.31. The van der Waals surface area contributed by atoms with Gasteiger partial charge in [0.1, 0.15) is 11.4 Å². The van der Waals surface area contributed by atoms with Crippen molar-refractivity contribution >= 4 is 21.8 Å². The van der Waals surface area contributed by atoms with Gasteiger partial charge >= 0.3 is 22.1 Å². The lowest BCUT2D eigenvalue weighted by molar-refractivity contribution is -0.387. The molecule has 2 aromatic carbocycles. The minimum atomic E-state index is -4.72. The number of benzene rings is 2. The van der Waals surface area contributed by atoms with Gasteiger partial charge in [-0.25, -0.2) is 9.18 Å². The molecular formula is C21H18FN3O7S. The zero-order valence-corrected chi connectivity index (χ0v) is 18.5. The average molecular weight is 475 g/mol. The Balaban J connectivity index is 2.22. The summed E-state index contributed by atoms with van der Waals surface area (Å²) >= 11 is 0. The Hall–Kier alpha value is -3.93. The van der Waals surface area contributed by atoms with E-state index >= 15 is 0 Å². The number of nitro benzene ring substituents is 1. The van der Waals surface area contributed by atoms with Gasteiger partial charge in [-0.2, -0.15) is 18.4 Å². The fourth-order valence-electron chi connectivity index (χ4n) is 2.99. The molecule has 0 N–H and O–H groups in total. The van der Waals surface area contributed by atoms with Gasteiger partial charge < -0.3 is 8.92 Å². The molecule has 0 bridgehead atoms. The van der Waals surface area contributed by atoms with Crippen molar-refractivity contribution in [2.45, 2.75) is 24.7 Å². The lowest BCUT2D eigenvalue weighted by atomic mass is 9.98. The van der Waals surface area contributed by atoms with Crippen LogP contribution in [-0.2, 0) is 14.9 Å². The molecule has 0 saturated heterocycles. The van der Waals surface area contributed by atoms with Crippen LogP contribution in [0.3, 0.4) is 0 Å². The van der Waals surface area contributed by atoms with Crippen LogP contribution in [0.4, 0.5) is 10.1 Å². The van der Waals surface area contributed by atoms with Crippen LogP contribution in [0.1, 0.15) is 35.8 Å². The summed E-state index contributed by atoms with van der Waals surface area (Å²) in [7, 11) is -3.56. The number of esters is 1. The van der Waals surface area contributed by atoms with Crippen molar-refractivity contribution < 1.29 is 31.4 Å². The van der Waals surface area contributed by atoms with E-state index in [2.05, 4.69) is 9.97 Å². The van der Waals surface area contributed by atoms with Gasteiger partial charge in [0.15, 0.2) is 4.90 Å². The van der Waals surface area contributed by atoms with Crippen LogP contribution in [0.25, 0.3) is 11.3 Å². The largest absolute Gasteiger partial charge is 0.465 e. The van der Waals surface area contributed by atoms with E-state index in [0.29, 0.717) is 0 Å². The molecule has 0 aliphatic carbocycles. The number of aromatic nitrogens is 2. The number of rotatable bonds is 7. The number of nitro groups is 1.